The fraction of sp³-hybridized carbons (Fsp3) is 0.467. The summed E-state index contributed by atoms with van der Waals surface area (Å²) in [4.78, 5) is 12.4. The van der Waals surface area contributed by atoms with Crippen molar-refractivity contribution in [3.8, 4) is 6.07 Å². The summed E-state index contributed by atoms with van der Waals surface area (Å²) in [6, 6.07) is 8.42. The van der Waals surface area contributed by atoms with Gasteiger partial charge < -0.3 is 5.32 Å². The highest BCUT2D eigenvalue weighted by molar-refractivity contribution is 7.90. The fourth-order valence-electron chi connectivity index (χ4n) is 1.99. The van der Waals surface area contributed by atoms with E-state index in [9.17, 15) is 18.5 Å². The van der Waals surface area contributed by atoms with E-state index in [1.165, 1.54) is 12.1 Å². The Balaban J connectivity index is 2.77. The van der Waals surface area contributed by atoms with Crippen LogP contribution in [0.4, 0.5) is 0 Å². The first-order chi connectivity index (χ1) is 9.79. The number of benzene rings is 1. The monoisotopic (exact) mass is 308 g/mol. The van der Waals surface area contributed by atoms with Crippen molar-refractivity contribution in [3.05, 3.63) is 29.8 Å². The van der Waals surface area contributed by atoms with E-state index in [0.717, 1.165) is 11.8 Å². The molecule has 0 aliphatic rings. The highest BCUT2D eigenvalue weighted by atomic mass is 32.2. The van der Waals surface area contributed by atoms with Gasteiger partial charge in [-0.05, 0) is 30.5 Å². The lowest BCUT2D eigenvalue weighted by Gasteiger charge is -2.22. The molecule has 0 saturated heterocycles. The van der Waals surface area contributed by atoms with Crippen LogP contribution in [0.5, 0.6) is 0 Å². The number of nitriles is 1. The Bertz CT molecular complexity index is 638. The summed E-state index contributed by atoms with van der Waals surface area (Å²) in [6.45, 7) is 3.90. The maximum Gasteiger partial charge on any atom is 0.240 e. The van der Waals surface area contributed by atoms with Crippen LogP contribution in [0.1, 0.15) is 32.3 Å². The van der Waals surface area contributed by atoms with Crippen LogP contribution >= 0.6 is 0 Å². The topological polar surface area (TPSA) is 87.0 Å². The molecule has 21 heavy (non-hydrogen) atoms. The van der Waals surface area contributed by atoms with Crippen molar-refractivity contribution >= 4 is 15.7 Å². The molecule has 0 fully saturated rings. The van der Waals surface area contributed by atoms with E-state index in [1.807, 2.05) is 13.8 Å². The van der Waals surface area contributed by atoms with E-state index < -0.39 is 15.3 Å². The molecule has 0 unspecified atom stereocenters. The van der Waals surface area contributed by atoms with Crippen molar-refractivity contribution in [1.82, 2.24) is 5.32 Å². The SMILES string of the molecule is CCC(C#N)(CC)C(=O)NCc1ccc(S(C)(=O)=O)cc1. The van der Waals surface area contributed by atoms with Crippen LogP contribution in [0.3, 0.4) is 0 Å². The molecule has 1 N–H and O–H groups in total. The summed E-state index contributed by atoms with van der Waals surface area (Å²) in [7, 11) is -3.22. The number of carbonyl (C=O) groups is 1. The van der Waals surface area contributed by atoms with Gasteiger partial charge in [0.1, 0.15) is 5.41 Å². The van der Waals surface area contributed by atoms with E-state index in [-0.39, 0.29) is 17.3 Å². The standard InChI is InChI=1S/C15H20N2O3S/c1-4-15(5-2,11-16)14(18)17-10-12-6-8-13(9-7-12)21(3,19)20/h6-9H,4-5,10H2,1-3H3,(H,17,18). The first kappa shape index (κ1) is 17.2. The molecule has 114 valence electrons. The number of nitrogens with zero attached hydrogens (tertiary/aromatic N) is 1. The molecule has 1 rings (SSSR count). The largest absolute Gasteiger partial charge is 0.351 e. The minimum atomic E-state index is -3.22. The number of carbonyl (C=O) groups excluding carboxylic acids is 1. The zero-order chi connectivity index (χ0) is 16.1. The number of hydrogen-bond donors (Lipinski definition) is 1. The lowest BCUT2D eigenvalue weighted by Crippen LogP contribution is -2.39. The first-order valence-corrected chi connectivity index (χ1v) is 8.66. The molecule has 0 aliphatic carbocycles. The molecule has 0 aliphatic heterocycles. The molecule has 0 saturated carbocycles. The van der Waals surface area contributed by atoms with Gasteiger partial charge in [-0.25, -0.2) is 8.42 Å². The van der Waals surface area contributed by atoms with Crippen LogP contribution in [-0.4, -0.2) is 20.6 Å². The fourth-order valence-corrected chi connectivity index (χ4v) is 2.62. The first-order valence-electron chi connectivity index (χ1n) is 6.77. The van der Waals surface area contributed by atoms with Gasteiger partial charge in [0.25, 0.3) is 0 Å². The van der Waals surface area contributed by atoms with Crippen molar-refractivity contribution < 1.29 is 13.2 Å². The van der Waals surface area contributed by atoms with Crippen LogP contribution in [0.25, 0.3) is 0 Å². The molecule has 0 radical (unpaired) electrons. The molecule has 0 bridgehead atoms. The lowest BCUT2D eigenvalue weighted by molar-refractivity contribution is -0.128. The molecule has 0 aromatic heterocycles. The van der Waals surface area contributed by atoms with Crippen molar-refractivity contribution in [3.63, 3.8) is 0 Å². The average Bonchev–Trinajstić information content (AvgIpc) is 2.47. The molecular formula is C15H20N2O3S. The molecule has 0 heterocycles. The van der Waals surface area contributed by atoms with E-state index >= 15 is 0 Å². The molecular weight excluding hydrogens is 288 g/mol. The van der Waals surface area contributed by atoms with E-state index in [4.69, 9.17) is 0 Å². The minimum absolute atomic E-state index is 0.242. The second kappa shape index (κ2) is 6.72. The number of amides is 1. The van der Waals surface area contributed by atoms with Gasteiger partial charge in [-0.2, -0.15) is 5.26 Å². The highest BCUT2D eigenvalue weighted by Gasteiger charge is 2.34. The number of hydrogen-bond acceptors (Lipinski definition) is 4. The second-order valence-electron chi connectivity index (χ2n) is 5.00. The average molecular weight is 308 g/mol. The van der Waals surface area contributed by atoms with Crippen molar-refractivity contribution in [1.29, 1.82) is 5.26 Å². The summed E-state index contributed by atoms with van der Waals surface area (Å²) in [5.41, 5.74) is -0.207. The van der Waals surface area contributed by atoms with Gasteiger partial charge in [-0.3, -0.25) is 4.79 Å². The molecule has 6 heteroatoms. The van der Waals surface area contributed by atoms with Crippen LogP contribution in [-0.2, 0) is 21.2 Å². The van der Waals surface area contributed by atoms with Crippen molar-refractivity contribution in [2.75, 3.05) is 6.26 Å². The Hall–Kier alpha value is -1.87. The Kier molecular flexibility index (Phi) is 5.50. The lowest BCUT2D eigenvalue weighted by atomic mass is 9.83. The van der Waals surface area contributed by atoms with Crippen molar-refractivity contribution in [2.45, 2.75) is 38.1 Å². The van der Waals surface area contributed by atoms with Crippen LogP contribution in [0, 0.1) is 16.7 Å². The molecule has 1 aromatic carbocycles. The van der Waals surface area contributed by atoms with Gasteiger partial charge in [-0.1, -0.05) is 26.0 Å². The number of sulfone groups is 1. The van der Waals surface area contributed by atoms with Crippen molar-refractivity contribution in [2.24, 2.45) is 5.41 Å². The van der Waals surface area contributed by atoms with Gasteiger partial charge in [-0.15, -0.1) is 0 Å². The van der Waals surface area contributed by atoms with Crippen LogP contribution in [0.15, 0.2) is 29.2 Å². The predicted molar refractivity (Wildman–Crippen MR) is 80.0 cm³/mol. The van der Waals surface area contributed by atoms with Gasteiger partial charge in [0.2, 0.25) is 5.91 Å². The Morgan fingerprint density at radius 1 is 1.24 bits per heavy atom. The summed E-state index contributed by atoms with van der Waals surface area (Å²) in [6.07, 6.45) is 2.06. The Labute approximate surface area is 125 Å². The molecule has 1 amide bonds. The Morgan fingerprint density at radius 3 is 2.14 bits per heavy atom. The second-order valence-corrected chi connectivity index (χ2v) is 7.02. The summed E-state index contributed by atoms with van der Waals surface area (Å²) in [5, 5.41) is 11.9. The summed E-state index contributed by atoms with van der Waals surface area (Å²) >= 11 is 0. The van der Waals surface area contributed by atoms with Crippen LogP contribution < -0.4 is 5.32 Å². The third-order valence-corrected chi connectivity index (χ3v) is 4.79. The van der Waals surface area contributed by atoms with E-state index in [0.29, 0.717) is 12.8 Å². The number of nitrogens with one attached hydrogen (secondary N) is 1. The van der Waals surface area contributed by atoms with E-state index in [2.05, 4.69) is 11.4 Å². The zero-order valence-corrected chi connectivity index (χ0v) is 13.3. The van der Waals surface area contributed by atoms with Gasteiger partial charge in [0.05, 0.1) is 11.0 Å². The normalized spacial score (nSPS) is 11.7. The minimum Gasteiger partial charge on any atom is -0.351 e. The predicted octanol–water partition coefficient (Wildman–Crippen LogP) is 2.04. The van der Waals surface area contributed by atoms with Gasteiger partial charge >= 0.3 is 0 Å². The zero-order valence-electron chi connectivity index (χ0n) is 12.5. The highest BCUT2D eigenvalue weighted by Crippen LogP contribution is 2.25. The molecule has 1 aromatic rings. The summed E-state index contributed by atoms with van der Waals surface area (Å²) in [5.74, 6) is -0.290. The molecule has 0 spiro atoms. The maximum absolute atomic E-state index is 12.1. The molecule has 0 atom stereocenters. The molecule has 5 nitrogen and oxygen atoms in total. The van der Waals surface area contributed by atoms with Crippen LogP contribution in [0.2, 0.25) is 0 Å². The van der Waals surface area contributed by atoms with Gasteiger partial charge in [0.15, 0.2) is 9.84 Å². The summed E-state index contributed by atoms with van der Waals surface area (Å²) < 4.78 is 22.7. The quantitative estimate of drug-likeness (QED) is 0.871. The Morgan fingerprint density at radius 2 is 1.76 bits per heavy atom. The third-order valence-electron chi connectivity index (χ3n) is 3.66. The number of rotatable bonds is 6. The maximum atomic E-state index is 12.1. The van der Waals surface area contributed by atoms with E-state index in [1.54, 1.807) is 12.1 Å². The third kappa shape index (κ3) is 4.05. The van der Waals surface area contributed by atoms with Gasteiger partial charge in [0, 0.05) is 12.8 Å². The smallest absolute Gasteiger partial charge is 0.240 e.